The number of sulfonamides is 1. The van der Waals surface area contributed by atoms with Gasteiger partial charge < -0.3 is 5.73 Å². The van der Waals surface area contributed by atoms with E-state index in [1.165, 1.54) is 4.31 Å². The van der Waals surface area contributed by atoms with Gasteiger partial charge in [-0.05, 0) is 18.6 Å². The Kier molecular flexibility index (Phi) is 6.03. The quantitative estimate of drug-likeness (QED) is 0.830. The van der Waals surface area contributed by atoms with Gasteiger partial charge >= 0.3 is 0 Å². The van der Waals surface area contributed by atoms with Gasteiger partial charge in [0, 0.05) is 18.7 Å². The van der Waals surface area contributed by atoms with Gasteiger partial charge in [-0.25, -0.2) is 8.42 Å². The van der Waals surface area contributed by atoms with Gasteiger partial charge in [-0.3, -0.25) is 0 Å². The Morgan fingerprint density at radius 1 is 1.26 bits per heavy atom. The van der Waals surface area contributed by atoms with Crippen LogP contribution in [0.2, 0.25) is 0 Å². The Morgan fingerprint density at radius 2 is 1.95 bits per heavy atom. The lowest BCUT2D eigenvalue weighted by Gasteiger charge is -2.20. The molecule has 1 aromatic carbocycles. The van der Waals surface area contributed by atoms with Gasteiger partial charge in [-0.1, -0.05) is 37.8 Å². The molecule has 0 saturated carbocycles. The van der Waals surface area contributed by atoms with Crippen molar-refractivity contribution in [1.29, 1.82) is 0 Å². The molecule has 4 nitrogen and oxygen atoms in total. The average Bonchev–Trinajstić information content (AvgIpc) is 2.42. The highest BCUT2D eigenvalue weighted by Gasteiger charge is 2.24. The predicted molar refractivity (Wildman–Crippen MR) is 77.1 cm³/mol. The van der Waals surface area contributed by atoms with Crippen LogP contribution < -0.4 is 5.73 Å². The molecule has 0 aliphatic carbocycles. The number of hydrogen-bond acceptors (Lipinski definition) is 3. The normalized spacial score (nSPS) is 11.2. The molecule has 5 heteroatoms. The highest BCUT2D eigenvalue weighted by molar-refractivity contribution is 7.89. The zero-order valence-electron chi connectivity index (χ0n) is 11.4. The Balaban J connectivity index is 3.28. The van der Waals surface area contributed by atoms with Crippen molar-refractivity contribution < 1.29 is 8.42 Å². The molecule has 1 rings (SSSR count). The maximum Gasteiger partial charge on any atom is 0.244 e. The molecule has 0 spiro atoms. The molecular formula is C14H20N2O2S. The van der Waals surface area contributed by atoms with Crippen LogP contribution in [0.25, 0.3) is 0 Å². The van der Waals surface area contributed by atoms with E-state index < -0.39 is 10.0 Å². The first-order valence-electron chi connectivity index (χ1n) is 6.36. The van der Waals surface area contributed by atoms with Gasteiger partial charge in [0.05, 0.1) is 11.4 Å². The van der Waals surface area contributed by atoms with Crippen molar-refractivity contribution in [3.05, 3.63) is 29.8 Å². The van der Waals surface area contributed by atoms with Crippen molar-refractivity contribution >= 4 is 10.0 Å². The summed E-state index contributed by atoms with van der Waals surface area (Å²) in [5.74, 6) is 5.52. The molecule has 19 heavy (non-hydrogen) atoms. The minimum Gasteiger partial charge on any atom is -0.320 e. The average molecular weight is 280 g/mol. The summed E-state index contributed by atoms with van der Waals surface area (Å²) in [4.78, 5) is 0.256. The van der Waals surface area contributed by atoms with Crippen LogP contribution in [0.3, 0.4) is 0 Å². The lowest BCUT2D eigenvalue weighted by atomic mass is 10.2. The number of hydrogen-bond donors (Lipinski definition) is 1. The minimum atomic E-state index is -3.48. The molecule has 2 N–H and O–H groups in total. The molecule has 0 saturated heterocycles. The number of nitrogens with two attached hydrogens (primary N) is 1. The van der Waals surface area contributed by atoms with Gasteiger partial charge in [-0.15, -0.1) is 0 Å². The van der Waals surface area contributed by atoms with E-state index in [4.69, 9.17) is 5.73 Å². The summed E-state index contributed by atoms with van der Waals surface area (Å²) in [6.45, 7) is 4.97. The van der Waals surface area contributed by atoms with Crippen molar-refractivity contribution in [2.24, 2.45) is 5.73 Å². The Bertz CT molecular complexity index is 571. The summed E-state index contributed by atoms with van der Waals surface area (Å²) < 4.78 is 26.6. The third-order valence-electron chi connectivity index (χ3n) is 2.66. The Hall–Kier alpha value is -1.35. The highest BCUT2D eigenvalue weighted by atomic mass is 32.2. The second-order valence-electron chi connectivity index (χ2n) is 4.00. The molecule has 0 fully saturated rings. The van der Waals surface area contributed by atoms with Crippen LogP contribution in [0.5, 0.6) is 0 Å². The van der Waals surface area contributed by atoms with E-state index in [1.54, 1.807) is 24.3 Å². The molecule has 0 bridgehead atoms. The van der Waals surface area contributed by atoms with Crippen LogP contribution in [0.1, 0.15) is 25.8 Å². The van der Waals surface area contributed by atoms with Gasteiger partial charge in [0.2, 0.25) is 10.0 Å². The zero-order chi connectivity index (χ0) is 14.3. The van der Waals surface area contributed by atoms with Crippen LogP contribution in [-0.2, 0) is 10.0 Å². The number of benzene rings is 1. The molecule has 104 valence electrons. The first-order chi connectivity index (χ1) is 9.07. The van der Waals surface area contributed by atoms with Gasteiger partial charge in [-0.2, -0.15) is 4.31 Å². The Labute approximate surface area is 115 Å². The van der Waals surface area contributed by atoms with E-state index in [0.29, 0.717) is 18.7 Å². The summed E-state index contributed by atoms with van der Waals surface area (Å²) in [5, 5.41) is 0. The summed E-state index contributed by atoms with van der Waals surface area (Å²) in [6.07, 6.45) is 0.781. The van der Waals surface area contributed by atoms with Crippen molar-refractivity contribution in [2.75, 3.05) is 19.6 Å². The molecule has 0 aliphatic rings. The standard InChI is InChI=1S/C14H20N2O2S/c1-3-12-16(4-2)19(17,18)14-10-6-5-8-13(14)9-7-11-15/h5-6,8,10H,3-4,11-12,15H2,1-2H3. The van der Waals surface area contributed by atoms with E-state index in [0.717, 1.165) is 6.42 Å². The topological polar surface area (TPSA) is 63.4 Å². The third-order valence-corrected chi connectivity index (χ3v) is 4.69. The molecule has 0 radical (unpaired) electrons. The van der Waals surface area contributed by atoms with Crippen LogP contribution in [0.4, 0.5) is 0 Å². The molecule has 0 unspecified atom stereocenters. The molecule has 0 aliphatic heterocycles. The lowest BCUT2D eigenvalue weighted by Crippen LogP contribution is -2.32. The van der Waals surface area contributed by atoms with Crippen LogP contribution in [0.15, 0.2) is 29.2 Å². The fourth-order valence-corrected chi connectivity index (χ4v) is 3.47. The summed E-state index contributed by atoms with van der Waals surface area (Å²) in [5.41, 5.74) is 5.84. The van der Waals surface area contributed by atoms with E-state index in [-0.39, 0.29) is 11.4 Å². The highest BCUT2D eigenvalue weighted by Crippen LogP contribution is 2.19. The molecule has 0 heterocycles. The van der Waals surface area contributed by atoms with Crippen LogP contribution in [-0.4, -0.2) is 32.4 Å². The third kappa shape index (κ3) is 3.80. The molecular weight excluding hydrogens is 260 g/mol. The first-order valence-corrected chi connectivity index (χ1v) is 7.80. The number of nitrogens with zero attached hydrogens (tertiary/aromatic N) is 1. The monoisotopic (exact) mass is 280 g/mol. The largest absolute Gasteiger partial charge is 0.320 e. The minimum absolute atomic E-state index is 0.209. The van der Waals surface area contributed by atoms with Crippen molar-refractivity contribution in [3.8, 4) is 11.8 Å². The second-order valence-corrected chi connectivity index (χ2v) is 5.91. The lowest BCUT2D eigenvalue weighted by molar-refractivity contribution is 0.427. The van der Waals surface area contributed by atoms with E-state index in [9.17, 15) is 8.42 Å². The first kappa shape index (κ1) is 15.7. The van der Waals surface area contributed by atoms with Gasteiger partial charge in [0.1, 0.15) is 0 Å². The van der Waals surface area contributed by atoms with Crippen LogP contribution in [0, 0.1) is 11.8 Å². The fourth-order valence-electron chi connectivity index (χ4n) is 1.78. The molecule has 1 aromatic rings. The van der Waals surface area contributed by atoms with E-state index >= 15 is 0 Å². The smallest absolute Gasteiger partial charge is 0.244 e. The van der Waals surface area contributed by atoms with Crippen LogP contribution >= 0.6 is 0 Å². The van der Waals surface area contributed by atoms with E-state index in [2.05, 4.69) is 11.8 Å². The molecule has 0 atom stereocenters. The molecule has 0 amide bonds. The summed E-state index contributed by atoms with van der Waals surface area (Å²) >= 11 is 0. The SMILES string of the molecule is CCCN(CC)S(=O)(=O)c1ccccc1C#CCN. The predicted octanol–water partition coefficient (Wildman–Crippen LogP) is 1.42. The van der Waals surface area contributed by atoms with E-state index in [1.807, 2.05) is 13.8 Å². The van der Waals surface area contributed by atoms with Crippen molar-refractivity contribution in [2.45, 2.75) is 25.2 Å². The van der Waals surface area contributed by atoms with Gasteiger partial charge in [0.15, 0.2) is 0 Å². The number of rotatable bonds is 5. The fraction of sp³-hybridized carbons (Fsp3) is 0.429. The van der Waals surface area contributed by atoms with Crippen molar-refractivity contribution in [3.63, 3.8) is 0 Å². The zero-order valence-corrected chi connectivity index (χ0v) is 12.2. The second kappa shape index (κ2) is 7.29. The maximum absolute atomic E-state index is 12.6. The summed E-state index contributed by atoms with van der Waals surface area (Å²) in [7, 11) is -3.48. The maximum atomic E-state index is 12.6. The molecule has 0 aromatic heterocycles. The van der Waals surface area contributed by atoms with Gasteiger partial charge in [0.25, 0.3) is 0 Å². The summed E-state index contributed by atoms with van der Waals surface area (Å²) in [6, 6.07) is 6.78. The Morgan fingerprint density at radius 3 is 2.53 bits per heavy atom. The van der Waals surface area contributed by atoms with Crippen molar-refractivity contribution in [1.82, 2.24) is 4.31 Å².